The van der Waals surface area contributed by atoms with Crippen LogP contribution in [0.2, 0.25) is 0 Å². The number of ether oxygens (including phenoxy) is 1. The summed E-state index contributed by atoms with van der Waals surface area (Å²) in [6.45, 7) is 8.12. The van der Waals surface area contributed by atoms with Crippen LogP contribution in [0.5, 0.6) is 5.75 Å². The predicted octanol–water partition coefficient (Wildman–Crippen LogP) is 5.96. The topological polar surface area (TPSA) is 97.4 Å². The van der Waals surface area contributed by atoms with Crippen molar-refractivity contribution in [3.8, 4) is 17.0 Å². The molecule has 41 heavy (non-hydrogen) atoms. The Morgan fingerprint density at radius 2 is 1.78 bits per heavy atom. The molecule has 0 amide bonds. The molecule has 0 bridgehead atoms. The van der Waals surface area contributed by atoms with Gasteiger partial charge in [-0.3, -0.25) is 0 Å². The molecule has 12 heteroatoms. The van der Waals surface area contributed by atoms with Gasteiger partial charge >= 0.3 is 6.18 Å². The van der Waals surface area contributed by atoms with Crippen LogP contribution >= 0.6 is 0 Å². The van der Waals surface area contributed by atoms with Crippen LogP contribution in [0, 0.1) is 13.8 Å². The highest BCUT2D eigenvalue weighted by Gasteiger charge is 2.29. The molecule has 4 aromatic rings. The fourth-order valence-electron chi connectivity index (χ4n) is 4.74. The van der Waals surface area contributed by atoms with Crippen LogP contribution in [0.3, 0.4) is 0 Å². The number of rotatable bonds is 10. The number of fused-ring (bicyclic) bond motifs is 1. The smallest absolute Gasteiger partial charge is 0.422 e. The molecule has 2 aromatic carbocycles. The summed E-state index contributed by atoms with van der Waals surface area (Å²) >= 11 is 0. The Balaban J connectivity index is 1.70. The number of nitrogen functional groups attached to an aromatic ring is 1. The Morgan fingerprint density at radius 1 is 1.05 bits per heavy atom. The minimum atomic E-state index is -4.51. The Bertz CT molecular complexity index is 1530. The van der Waals surface area contributed by atoms with Gasteiger partial charge in [-0.2, -0.15) is 13.2 Å². The monoisotopic (exact) mass is 570 g/mol. The van der Waals surface area contributed by atoms with Gasteiger partial charge in [0.25, 0.3) is 0 Å². The first-order valence-corrected chi connectivity index (χ1v) is 13.3. The standard InChI is InChI=1S/C29H37F3N8O/c1-17(2)40-19(4)35-27-18(3)12-20(13-25(27)40)22-8-9-34-28(36-22)37-23-14-21(33)24(39(7)11-10-38(5)6)15-26(23)41-16-29(30,31)32/h8-9,12-15,17H,10-11,16,33H2,1-7H3,(H,34,36,37). The fourth-order valence-corrected chi connectivity index (χ4v) is 4.74. The quantitative estimate of drug-likeness (QED) is 0.226. The van der Waals surface area contributed by atoms with Gasteiger partial charge in [0.15, 0.2) is 6.61 Å². The molecule has 220 valence electrons. The number of aromatic nitrogens is 4. The first-order valence-electron chi connectivity index (χ1n) is 13.3. The number of benzene rings is 2. The molecule has 3 N–H and O–H groups in total. The van der Waals surface area contributed by atoms with Gasteiger partial charge in [-0.1, -0.05) is 0 Å². The molecule has 0 unspecified atom stereocenters. The third-order valence-electron chi connectivity index (χ3n) is 6.69. The van der Waals surface area contributed by atoms with Gasteiger partial charge in [0.1, 0.15) is 11.6 Å². The van der Waals surface area contributed by atoms with Crippen molar-refractivity contribution in [3.05, 3.63) is 47.9 Å². The van der Waals surface area contributed by atoms with E-state index in [1.54, 1.807) is 18.3 Å². The van der Waals surface area contributed by atoms with Crippen LogP contribution in [-0.2, 0) is 0 Å². The van der Waals surface area contributed by atoms with E-state index in [0.29, 0.717) is 23.6 Å². The van der Waals surface area contributed by atoms with Crippen molar-refractivity contribution in [2.45, 2.75) is 39.9 Å². The second-order valence-corrected chi connectivity index (χ2v) is 10.7. The fraction of sp³-hybridized carbons (Fsp3) is 0.414. The molecule has 0 fully saturated rings. The molecule has 0 atom stereocenters. The molecule has 0 radical (unpaired) electrons. The highest BCUT2D eigenvalue weighted by molar-refractivity contribution is 5.85. The van der Waals surface area contributed by atoms with Crippen molar-refractivity contribution in [2.24, 2.45) is 0 Å². The van der Waals surface area contributed by atoms with Gasteiger partial charge in [-0.25, -0.2) is 15.0 Å². The van der Waals surface area contributed by atoms with E-state index in [1.165, 1.54) is 6.07 Å². The van der Waals surface area contributed by atoms with E-state index < -0.39 is 12.8 Å². The van der Waals surface area contributed by atoms with Gasteiger partial charge < -0.3 is 30.2 Å². The molecule has 0 aliphatic heterocycles. The van der Waals surface area contributed by atoms with Crippen LogP contribution in [0.15, 0.2) is 36.5 Å². The van der Waals surface area contributed by atoms with Crippen LogP contribution in [0.25, 0.3) is 22.3 Å². The maximum Gasteiger partial charge on any atom is 0.422 e. The van der Waals surface area contributed by atoms with E-state index in [9.17, 15) is 13.2 Å². The summed E-state index contributed by atoms with van der Waals surface area (Å²) in [6, 6.07) is 9.12. The number of nitrogens with zero attached hydrogens (tertiary/aromatic N) is 6. The van der Waals surface area contributed by atoms with Crippen molar-refractivity contribution in [3.63, 3.8) is 0 Å². The molecule has 2 aromatic heterocycles. The summed E-state index contributed by atoms with van der Waals surface area (Å²) in [5, 5.41) is 3.02. The lowest BCUT2D eigenvalue weighted by Gasteiger charge is -2.25. The molecular weight excluding hydrogens is 533 g/mol. The lowest BCUT2D eigenvalue weighted by molar-refractivity contribution is -0.153. The number of halogens is 3. The predicted molar refractivity (Wildman–Crippen MR) is 158 cm³/mol. The molecule has 2 heterocycles. The van der Waals surface area contributed by atoms with Crippen molar-refractivity contribution >= 4 is 34.0 Å². The van der Waals surface area contributed by atoms with E-state index in [0.717, 1.165) is 34.5 Å². The molecule has 0 aliphatic carbocycles. The minimum Gasteiger partial charge on any atom is -0.482 e. The number of imidazole rings is 1. The number of nitrogens with one attached hydrogen (secondary N) is 1. The zero-order valence-corrected chi connectivity index (χ0v) is 24.5. The Hall–Kier alpha value is -4.06. The largest absolute Gasteiger partial charge is 0.482 e. The summed E-state index contributed by atoms with van der Waals surface area (Å²) in [6.07, 6.45) is -2.92. The number of anilines is 4. The summed E-state index contributed by atoms with van der Waals surface area (Å²) in [5.41, 5.74) is 12.0. The summed E-state index contributed by atoms with van der Waals surface area (Å²) in [5.74, 6) is 1.12. The van der Waals surface area contributed by atoms with Gasteiger partial charge in [0.05, 0.1) is 33.8 Å². The Labute approximate surface area is 238 Å². The average molecular weight is 571 g/mol. The third kappa shape index (κ3) is 6.99. The zero-order valence-electron chi connectivity index (χ0n) is 24.5. The van der Waals surface area contributed by atoms with Crippen molar-refractivity contribution in [2.75, 3.05) is 56.8 Å². The van der Waals surface area contributed by atoms with Crippen molar-refractivity contribution in [1.29, 1.82) is 0 Å². The second-order valence-electron chi connectivity index (χ2n) is 10.7. The summed E-state index contributed by atoms with van der Waals surface area (Å²) < 4.78 is 46.7. The molecule has 0 aliphatic rings. The number of aryl methyl sites for hydroxylation is 2. The first-order chi connectivity index (χ1) is 19.2. The first kappa shape index (κ1) is 29.9. The van der Waals surface area contributed by atoms with E-state index in [1.807, 2.05) is 56.9 Å². The summed E-state index contributed by atoms with van der Waals surface area (Å²) in [7, 11) is 5.71. The number of nitrogens with two attached hydrogens (primary N) is 1. The second kappa shape index (κ2) is 11.8. The van der Waals surface area contributed by atoms with Gasteiger partial charge in [-0.15, -0.1) is 0 Å². The average Bonchev–Trinajstić information content (AvgIpc) is 3.23. The maximum absolute atomic E-state index is 13.1. The van der Waals surface area contributed by atoms with Crippen LogP contribution in [-0.4, -0.2) is 71.4 Å². The van der Waals surface area contributed by atoms with Gasteiger partial charge in [-0.05, 0) is 71.6 Å². The number of likely N-dealkylation sites (N-methyl/N-ethyl adjacent to an activating group) is 2. The molecule has 0 saturated carbocycles. The van der Waals surface area contributed by atoms with Crippen LogP contribution in [0.4, 0.5) is 36.2 Å². The highest BCUT2D eigenvalue weighted by atomic mass is 19.4. The summed E-state index contributed by atoms with van der Waals surface area (Å²) in [4.78, 5) is 17.6. The highest BCUT2D eigenvalue weighted by Crippen LogP contribution is 2.37. The van der Waals surface area contributed by atoms with Crippen LogP contribution in [0.1, 0.15) is 31.3 Å². The van der Waals surface area contributed by atoms with Crippen LogP contribution < -0.4 is 20.7 Å². The molecule has 0 spiro atoms. The molecule has 0 saturated heterocycles. The molecular formula is C29H37F3N8O. The van der Waals surface area contributed by atoms with Gasteiger partial charge in [0, 0.05) is 44.0 Å². The third-order valence-corrected chi connectivity index (χ3v) is 6.69. The molecule has 9 nitrogen and oxygen atoms in total. The lowest BCUT2D eigenvalue weighted by atomic mass is 10.1. The van der Waals surface area contributed by atoms with E-state index in [-0.39, 0.29) is 23.4 Å². The SMILES string of the molecule is Cc1cc(-c2ccnc(Nc3cc(N)c(N(C)CCN(C)C)cc3OCC(F)(F)F)n2)cc2c1nc(C)n2C(C)C. The number of hydrogen-bond donors (Lipinski definition) is 2. The molecule has 4 rings (SSSR count). The zero-order chi connectivity index (χ0) is 30.1. The van der Waals surface area contributed by atoms with E-state index in [4.69, 9.17) is 15.5 Å². The van der Waals surface area contributed by atoms with E-state index in [2.05, 4.69) is 33.7 Å². The number of hydrogen-bond acceptors (Lipinski definition) is 8. The number of alkyl halides is 3. The van der Waals surface area contributed by atoms with Crippen molar-refractivity contribution < 1.29 is 17.9 Å². The Morgan fingerprint density at radius 3 is 2.44 bits per heavy atom. The maximum atomic E-state index is 13.1. The Kier molecular flexibility index (Phi) is 8.62. The normalized spacial score (nSPS) is 12.0. The van der Waals surface area contributed by atoms with Crippen molar-refractivity contribution in [1.82, 2.24) is 24.4 Å². The lowest BCUT2D eigenvalue weighted by Crippen LogP contribution is -2.29. The van der Waals surface area contributed by atoms with E-state index >= 15 is 0 Å². The van der Waals surface area contributed by atoms with Gasteiger partial charge in [0.2, 0.25) is 5.95 Å². The minimum absolute atomic E-state index is 0.00851.